The fourth-order valence-electron chi connectivity index (χ4n) is 3.13. The van der Waals surface area contributed by atoms with Gasteiger partial charge in [-0.15, -0.1) is 0 Å². The van der Waals surface area contributed by atoms with Crippen molar-refractivity contribution in [2.24, 2.45) is 0 Å². The van der Waals surface area contributed by atoms with Gasteiger partial charge >= 0.3 is 0 Å². The van der Waals surface area contributed by atoms with Gasteiger partial charge in [0.05, 0.1) is 12.1 Å². The van der Waals surface area contributed by atoms with Crippen molar-refractivity contribution < 1.29 is 0 Å². The maximum absolute atomic E-state index is 12.5. The summed E-state index contributed by atoms with van der Waals surface area (Å²) in [5.41, 5.74) is 1.15. The van der Waals surface area contributed by atoms with E-state index < -0.39 is 0 Å². The van der Waals surface area contributed by atoms with E-state index in [2.05, 4.69) is 30.8 Å². The molecule has 0 aliphatic carbocycles. The molecule has 2 aromatic heterocycles. The number of hydrogen-bond acceptors (Lipinski definition) is 4. The van der Waals surface area contributed by atoms with E-state index in [1.165, 1.54) is 12.8 Å². The van der Waals surface area contributed by atoms with Crippen molar-refractivity contribution >= 4 is 27.0 Å². The monoisotopic (exact) mass is 320 g/mol. The third kappa shape index (κ3) is 1.74. The molecule has 6 heteroatoms. The predicted octanol–water partition coefficient (Wildman–Crippen LogP) is 1.53. The van der Waals surface area contributed by atoms with Gasteiger partial charge in [0.1, 0.15) is 5.82 Å². The van der Waals surface area contributed by atoms with Gasteiger partial charge in [-0.25, -0.2) is 9.97 Å². The lowest BCUT2D eigenvalue weighted by atomic mass is 10.2. The van der Waals surface area contributed by atoms with E-state index >= 15 is 0 Å². The summed E-state index contributed by atoms with van der Waals surface area (Å²) in [5, 5.41) is 0. The van der Waals surface area contributed by atoms with E-state index in [0.717, 1.165) is 29.9 Å². The van der Waals surface area contributed by atoms with E-state index in [-0.39, 0.29) is 5.56 Å². The topological polar surface area (TPSA) is 51.0 Å². The molecule has 2 aliphatic heterocycles. The molecule has 0 aromatic carbocycles. The lowest BCUT2D eigenvalue weighted by molar-refractivity contribution is 0.181. The minimum atomic E-state index is -0.000880. The summed E-state index contributed by atoms with van der Waals surface area (Å²) < 4.78 is 2.67. The van der Waals surface area contributed by atoms with Gasteiger partial charge in [0.2, 0.25) is 0 Å². The molecule has 5 nitrogen and oxygen atoms in total. The van der Waals surface area contributed by atoms with Gasteiger partial charge in [0.25, 0.3) is 5.56 Å². The molecule has 4 heterocycles. The van der Waals surface area contributed by atoms with Crippen LogP contribution in [0.5, 0.6) is 0 Å². The first-order chi connectivity index (χ1) is 9.22. The highest BCUT2D eigenvalue weighted by Crippen LogP contribution is 2.25. The van der Waals surface area contributed by atoms with Gasteiger partial charge in [-0.05, 0) is 41.4 Å². The molecular formula is C13H13BrN4O. The molecule has 1 saturated heterocycles. The SMILES string of the molecule is O=c1c2ncc(Br)cc2nc2n1CC1CCCN1C2. The molecule has 0 saturated carbocycles. The first-order valence-corrected chi connectivity index (χ1v) is 7.31. The van der Waals surface area contributed by atoms with Crippen molar-refractivity contribution in [2.45, 2.75) is 32.0 Å². The minimum absolute atomic E-state index is 0.000880. The van der Waals surface area contributed by atoms with Crippen LogP contribution in [0.3, 0.4) is 0 Å². The maximum atomic E-state index is 12.5. The molecule has 19 heavy (non-hydrogen) atoms. The largest absolute Gasteiger partial charge is 0.292 e. The standard InChI is InChI=1S/C13H13BrN4O/c14-8-4-10-12(15-5-8)13(19)18-6-9-2-1-3-17(9)7-11(18)16-10/h4-5,9H,1-3,6-7H2. The Morgan fingerprint density at radius 2 is 2.32 bits per heavy atom. The van der Waals surface area contributed by atoms with Crippen molar-refractivity contribution in [3.63, 3.8) is 0 Å². The fraction of sp³-hybridized carbons (Fsp3) is 0.462. The summed E-state index contributed by atoms with van der Waals surface area (Å²) in [6, 6.07) is 2.36. The Bertz CT molecular complexity index is 726. The van der Waals surface area contributed by atoms with Crippen molar-refractivity contribution in [3.8, 4) is 0 Å². The molecule has 0 bridgehead atoms. The second-order valence-electron chi connectivity index (χ2n) is 5.23. The number of nitrogens with zero attached hydrogens (tertiary/aromatic N) is 4. The normalized spacial score (nSPS) is 22.5. The Kier molecular flexibility index (Phi) is 2.50. The minimum Gasteiger partial charge on any atom is -0.292 e. The van der Waals surface area contributed by atoms with Crippen LogP contribution in [-0.4, -0.2) is 32.0 Å². The van der Waals surface area contributed by atoms with Crippen molar-refractivity contribution in [1.82, 2.24) is 19.4 Å². The Morgan fingerprint density at radius 1 is 1.42 bits per heavy atom. The highest BCUT2D eigenvalue weighted by molar-refractivity contribution is 9.10. The third-order valence-corrected chi connectivity index (χ3v) is 4.51. The number of rotatable bonds is 0. The van der Waals surface area contributed by atoms with Crippen LogP contribution in [0.4, 0.5) is 0 Å². The molecule has 0 spiro atoms. The summed E-state index contributed by atoms with van der Waals surface area (Å²) in [5.74, 6) is 0.871. The quantitative estimate of drug-likeness (QED) is 0.738. The van der Waals surface area contributed by atoms with Crippen LogP contribution in [0.15, 0.2) is 21.5 Å². The molecule has 4 rings (SSSR count). The van der Waals surface area contributed by atoms with Crippen LogP contribution in [0.25, 0.3) is 11.0 Å². The molecular weight excluding hydrogens is 308 g/mol. The van der Waals surface area contributed by atoms with Gasteiger partial charge < -0.3 is 0 Å². The Morgan fingerprint density at radius 3 is 3.21 bits per heavy atom. The molecule has 0 radical (unpaired) electrons. The summed E-state index contributed by atoms with van der Waals surface area (Å²) >= 11 is 3.38. The van der Waals surface area contributed by atoms with E-state index in [1.54, 1.807) is 6.20 Å². The van der Waals surface area contributed by atoms with Crippen LogP contribution < -0.4 is 5.56 Å². The fourth-order valence-corrected chi connectivity index (χ4v) is 3.45. The highest BCUT2D eigenvalue weighted by Gasteiger charge is 2.31. The average Bonchev–Trinajstić information content (AvgIpc) is 2.84. The molecule has 1 unspecified atom stereocenters. The molecule has 0 N–H and O–H groups in total. The second kappa shape index (κ2) is 4.11. The average molecular weight is 321 g/mol. The van der Waals surface area contributed by atoms with Crippen LogP contribution in [0.1, 0.15) is 18.7 Å². The number of aromatic nitrogens is 3. The predicted molar refractivity (Wildman–Crippen MR) is 74.9 cm³/mol. The summed E-state index contributed by atoms with van der Waals surface area (Å²) in [7, 11) is 0. The van der Waals surface area contributed by atoms with Crippen molar-refractivity contribution in [2.75, 3.05) is 6.54 Å². The zero-order valence-electron chi connectivity index (χ0n) is 10.3. The lowest BCUT2D eigenvalue weighted by Gasteiger charge is -2.31. The third-order valence-electron chi connectivity index (χ3n) is 4.08. The molecule has 98 valence electrons. The Balaban J connectivity index is 1.95. The lowest BCUT2D eigenvalue weighted by Crippen LogP contribution is -2.43. The van der Waals surface area contributed by atoms with Crippen LogP contribution in [0, 0.1) is 0 Å². The second-order valence-corrected chi connectivity index (χ2v) is 6.15. The zero-order chi connectivity index (χ0) is 13.0. The number of fused-ring (bicyclic) bond motifs is 3. The van der Waals surface area contributed by atoms with E-state index in [0.29, 0.717) is 17.1 Å². The van der Waals surface area contributed by atoms with Crippen LogP contribution >= 0.6 is 15.9 Å². The zero-order valence-corrected chi connectivity index (χ0v) is 11.9. The summed E-state index contributed by atoms with van der Waals surface area (Å²) in [6.07, 6.45) is 4.05. The van der Waals surface area contributed by atoms with E-state index in [4.69, 9.17) is 0 Å². The molecule has 1 atom stereocenters. The van der Waals surface area contributed by atoms with E-state index in [9.17, 15) is 4.79 Å². The molecule has 1 fully saturated rings. The molecule has 2 aromatic rings. The van der Waals surface area contributed by atoms with Gasteiger partial charge in [-0.1, -0.05) is 0 Å². The summed E-state index contributed by atoms with van der Waals surface area (Å²) in [4.78, 5) is 23.8. The first-order valence-electron chi connectivity index (χ1n) is 6.51. The smallest absolute Gasteiger partial charge is 0.280 e. The molecule has 2 aliphatic rings. The van der Waals surface area contributed by atoms with Crippen LogP contribution in [0.2, 0.25) is 0 Å². The Labute approximate surface area is 118 Å². The summed E-state index contributed by atoms with van der Waals surface area (Å²) in [6.45, 7) is 2.66. The Hall–Kier alpha value is -1.27. The maximum Gasteiger partial charge on any atom is 0.280 e. The number of pyridine rings is 1. The van der Waals surface area contributed by atoms with Gasteiger partial charge in [0.15, 0.2) is 5.52 Å². The highest BCUT2D eigenvalue weighted by atomic mass is 79.9. The van der Waals surface area contributed by atoms with Crippen LogP contribution in [-0.2, 0) is 13.1 Å². The first kappa shape index (κ1) is 11.5. The number of halogens is 1. The van der Waals surface area contributed by atoms with Gasteiger partial charge in [0, 0.05) is 23.3 Å². The van der Waals surface area contributed by atoms with E-state index in [1.807, 2.05) is 10.6 Å². The molecule has 0 amide bonds. The van der Waals surface area contributed by atoms with Gasteiger partial charge in [-0.3, -0.25) is 14.3 Å². The van der Waals surface area contributed by atoms with Gasteiger partial charge in [-0.2, -0.15) is 0 Å². The number of hydrogen-bond donors (Lipinski definition) is 0. The van der Waals surface area contributed by atoms with Crippen molar-refractivity contribution in [3.05, 3.63) is 32.9 Å². The van der Waals surface area contributed by atoms with Crippen molar-refractivity contribution in [1.29, 1.82) is 0 Å².